The zero-order valence-electron chi connectivity index (χ0n) is 13.7. The molecule has 1 amide bonds. The Labute approximate surface area is 138 Å². The molecule has 3 aromatic rings. The minimum Gasteiger partial charge on any atom is -0.322 e. The van der Waals surface area contributed by atoms with Crippen LogP contribution in [0.2, 0.25) is 0 Å². The van der Waals surface area contributed by atoms with Gasteiger partial charge < -0.3 is 5.32 Å². The molecule has 0 unspecified atom stereocenters. The zero-order chi connectivity index (χ0) is 17.4. The van der Waals surface area contributed by atoms with E-state index in [1.54, 1.807) is 56.6 Å². The standard InChI is InChI=1S/C18H17N3O3/c1-11(22)12-4-7-14(8-5-12)19-17(23)13-6-9-15-16(10-13)21(3)18(24)20(15)2/h4-10H,1-3H3,(H,19,23). The van der Waals surface area contributed by atoms with Gasteiger partial charge in [-0.05, 0) is 49.4 Å². The van der Waals surface area contributed by atoms with Crippen LogP contribution in [0.1, 0.15) is 27.6 Å². The average Bonchev–Trinajstić information content (AvgIpc) is 2.79. The van der Waals surface area contributed by atoms with Gasteiger partial charge in [-0.3, -0.25) is 18.7 Å². The molecule has 1 heterocycles. The number of ketones is 1. The van der Waals surface area contributed by atoms with Crippen molar-refractivity contribution >= 4 is 28.4 Å². The summed E-state index contributed by atoms with van der Waals surface area (Å²) >= 11 is 0. The number of carbonyl (C=O) groups is 2. The van der Waals surface area contributed by atoms with E-state index in [1.807, 2.05) is 0 Å². The SMILES string of the molecule is CC(=O)c1ccc(NC(=O)c2ccc3c(c2)n(C)c(=O)n3C)cc1. The molecule has 0 radical (unpaired) electrons. The molecule has 2 aromatic carbocycles. The van der Waals surface area contributed by atoms with Crippen LogP contribution >= 0.6 is 0 Å². The Balaban J connectivity index is 1.90. The van der Waals surface area contributed by atoms with Gasteiger partial charge in [-0.25, -0.2) is 4.79 Å². The number of fused-ring (bicyclic) bond motifs is 1. The maximum atomic E-state index is 12.4. The number of imidazole rings is 1. The van der Waals surface area contributed by atoms with E-state index in [-0.39, 0.29) is 17.4 Å². The van der Waals surface area contributed by atoms with Crippen molar-refractivity contribution in [2.45, 2.75) is 6.92 Å². The second-order valence-corrected chi connectivity index (χ2v) is 5.69. The molecular weight excluding hydrogens is 306 g/mol. The molecule has 0 saturated heterocycles. The summed E-state index contributed by atoms with van der Waals surface area (Å²) in [6.45, 7) is 1.49. The second-order valence-electron chi connectivity index (χ2n) is 5.69. The number of benzene rings is 2. The highest BCUT2D eigenvalue weighted by molar-refractivity contribution is 6.06. The van der Waals surface area contributed by atoms with E-state index in [4.69, 9.17) is 0 Å². The summed E-state index contributed by atoms with van der Waals surface area (Å²) in [6.07, 6.45) is 0. The normalized spacial score (nSPS) is 10.8. The number of anilines is 1. The lowest BCUT2D eigenvalue weighted by molar-refractivity contribution is 0.101. The molecule has 24 heavy (non-hydrogen) atoms. The molecule has 3 rings (SSSR count). The van der Waals surface area contributed by atoms with Crippen molar-refractivity contribution in [1.29, 1.82) is 0 Å². The lowest BCUT2D eigenvalue weighted by Gasteiger charge is -2.06. The van der Waals surface area contributed by atoms with Crippen molar-refractivity contribution in [1.82, 2.24) is 9.13 Å². The Morgan fingerprint density at radius 2 is 1.46 bits per heavy atom. The molecule has 122 valence electrons. The van der Waals surface area contributed by atoms with E-state index in [0.29, 0.717) is 22.3 Å². The summed E-state index contributed by atoms with van der Waals surface area (Å²) in [7, 11) is 3.37. The average molecular weight is 323 g/mol. The first-order valence-electron chi connectivity index (χ1n) is 7.46. The van der Waals surface area contributed by atoms with Crippen molar-refractivity contribution in [3.8, 4) is 0 Å². The fourth-order valence-corrected chi connectivity index (χ4v) is 2.64. The van der Waals surface area contributed by atoms with Gasteiger partial charge in [0.1, 0.15) is 0 Å². The number of hydrogen-bond acceptors (Lipinski definition) is 3. The second kappa shape index (κ2) is 5.81. The van der Waals surface area contributed by atoms with Gasteiger partial charge in [-0.1, -0.05) is 0 Å². The van der Waals surface area contributed by atoms with Crippen LogP contribution in [0.4, 0.5) is 5.69 Å². The molecule has 0 aliphatic rings. The van der Waals surface area contributed by atoms with Crippen LogP contribution in [-0.2, 0) is 14.1 Å². The van der Waals surface area contributed by atoms with Gasteiger partial charge in [0, 0.05) is 30.9 Å². The Morgan fingerprint density at radius 3 is 2.08 bits per heavy atom. The number of aromatic nitrogens is 2. The molecular formula is C18H17N3O3. The Morgan fingerprint density at radius 1 is 0.875 bits per heavy atom. The smallest absolute Gasteiger partial charge is 0.322 e. The molecule has 0 bridgehead atoms. The predicted molar refractivity (Wildman–Crippen MR) is 92.6 cm³/mol. The van der Waals surface area contributed by atoms with Crippen LogP contribution < -0.4 is 11.0 Å². The Bertz CT molecular complexity index is 1010. The third kappa shape index (κ3) is 2.62. The Kier molecular flexibility index (Phi) is 3.81. The molecule has 1 aromatic heterocycles. The first kappa shape index (κ1) is 15.7. The van der Waals surface area contributed by atoms with Crippen LogP contribution in [0.3, 0.4) is 0 Å². The molecule has 0 atom stereocenters. The van der Waals surface area contributed by atoms with Crippen LogP contribution in [0.25, 0.3) is 11.0 Å². The van der Waals surface area contributed by atoms with E-state index in [9.17, 15) is 14.4 Å². The van der Waals surface area contributed by atoms with Crippen molar-refractivity contribution in [3.63, 3.8) is 0 Å². The quantitative estimate of drug-likeness (QED) is 0.752. The number of carbonyl (C=O) groups excluding carboxylic acids is 2. The van der Waals surface area contributed by atoms with Crippen LogP contribution in [0.15, 0.2) is 47.3 Å². The summed E-state index contributed by atoms with van der Waals surface area (Å²) in [5.74, 6) is -0.299. The fourth-order valence-electron chi connectivity index (χ4n) is 2.64. The molecule has 0 saturated carbocycles. The van der Waals surface area contributed by atoms with Crippen LogP contribution in [0.5, 0.6) is 0 Å². The van der Waals surface area contributed by atoms with Gasteiger partial charge >= 0.3 is 5.69 Å². The number of nitrogens with zero attached hydrogens (tertiary/aromatic N) is 2. The van der Waals surface area contributed by atoms with Crippen LogP contribution in [0, 0.1) is 0 Å². The van der Waals surface area contributed by atoms with E-state index in [0.717, 1.165) is 5.52 Å². The van der Waals surface area contributed by atoms with E-state index < -0.39 is 0 Å². The first-order chi connectivity index (χ1) is 11.4. The third-order valence-corrected chi connectivity index (χ3v) is 4.08. The van der Waals surface area contributed by atoms with Gasteiger partial charge in [0.2, 0.25) is 0 Å². The number of nitrogens with one attached hydrogen (secondary N) is 1. The summed E-state index contributed by atoms with van der Waals surface area (Å²) in [5.41, 5.74) is 2.98. The van der Waals surface area contributed by atoms with E-state index in [2.05, 4.69) is 5.32 Å². The fraction of sp³-hybridized carbons (Fsp3) is 0.167. The maximum Gasteiger partial charge on any atom is 0.328 e. The molecule has 6 nitrogen and oxygen atoms in total. The molecule has 6 heteroatoms. The lowest BCUT2D eigenvalue weighted by Crippen LogP contribution is -2.19. The predicted octanol–water partition coefficient (Wildman–Crippen LogP) is 2.33. The minimum absolute atomic E-state index is 0.0247. The van der Waals surface area contributed by atoms with Gasteiger partial charge in [-0.2, -0.15) is 0 Å². The Hall–Kier alpha value is -3.15. The number of hydrogen-bond donors (Lipinski definition) is 1. The zero-order valence-corrected chi connectivity index (χ0v) is 13.7. The molecule has 0 aliphatic carbocycles. The first-order valence-corrected chi connectivity index (χ1v) is 7.46. The highest BCUT2D eigenvalue weighted by Gasteiger charge is 2.12. The third-order valence-electron chi connectivity index (χ3n) is 4.08. The van der Waals surface area contributed by atoms with Gasteiger partial charge in [0.25, 0.3) is 5.91 Å². The number of Topliss-reactive ketones (excluding diaryl/α,β-unsaturated/α-hetero) is 1. The van der Waals surface area contributed by atoms with E-state index in [1.165, 1.54) is 16.1 Å². The number of amides is 1. The van der Waals surface area contributed by atoms with Crippen molar-refractivity contribution in [2.24, 2.45) is 14.1 Å². The summed E-state index contributed by atoms with van der Waals surface area (Å²) < 4.78 is 3.05. The minimum atomic E-state index is -0.274. The summed E-state index contributed by atoms with van der Waals surface area (Å²) in [5, 5.41) is 2.79. The van der Waals surface area contributed by atoms with Crippen LogP contribution in [-0.4, -0.2) is 20.8 Å². The molecule has 1 N–H and O–H groups in total. The summed E-state index contributed by atoms with van der Waals surface area (Å²) in [6, 6.07) is 11.8. The van der Waals surface area contributed by atoms with Crippen molar-refractivity contribution in [2.75, 3.05) is 5.32 Å². The van der Waals surface area contributed by atoms with E-state index >= 15 is 0 Å². The highest BCUT2D eigenvalue weighted by Crippen LogP contribution is 2.16. The van der Waals surface area contributed by atoms with Crippen molar-refractivity contribution < 1.29 is 9.59 Å². The number of rotatable bonds is 3. The maximum absolute atomic E-state index is 12.4. The van der Waals surface area contributed by atoms with Crippen molar-refractivity contribution in [3.05, 3.63) is 64.1 Å². The highest BCUT2D eigenvalue weighted by atomic mass is 16.2. The molecule has 0 spiro atoms. The van der Waals surface area contributed by atoms with Gasteiger partial charge in [0.05, 0.1) is 11.0 Å². The molecule has 0 aliphatic heterocycles. The topological polar surface area (TPSA) is 73.1 Å². The summed E-state index contributed by atoms with van der Waals surface area (Å²) in [4.78, 5) is 35.6. The number of aryl methyl sites for hydroxylation is 2. The molecule has 0 fully saturated rings. The lowest BCUT2D eigenvalue weighted by atomic mass is 10.1. The van der Waals surface area contributed by atoms with Gasteiger partial charge in [0.15, 0.2) is 5.78 Å². The van der Waals surface area contributed by atoms with Gasteiger partial charge in [-0.15, -0.1) is 0 Å². The largest absolute Gasteiger partial charge is 0.328 e. The monoisotopic (exact) mass is 323 g/mol.